The Morgan fingerprint density at radius 2 is 1.95 bits per heavy atom. The van der Waals surface area contributed by atoms with Crippen LogP contribution in [0.5, 0.6) is 11.5 Å². The number of ether oxygens (including phenoxy) is 2. The van der Waals surface area contributed by atoms with Gasteiger partial charge in [0.05, 0.1) is 37.0 Å². The highest BCUT2D eigenvalue weighted by Crippen LogP contribution is 2.52. The van der Waals surface area contributed by atoms with Gasteiger partial charge in [-0.2, -0.15) is 0 Å². The van der Waals surface area contributed by atoms with Crippen molar-refractivity contribution in [3.63, 3.8) is 0 Å². The topological polar surface area (TPSA) is 80.9 Å². The monoisotopic (exact) mass is 524 g/mol. The van der Waals surface area contributed by atoms with E-state index in [9.17, 15) is 23.8 Å². The first-order valence-electron chi connectivity index (χ1n) is 15.2. The fraction of sp³-hybridized carbons (Fsp3) is 0.464. The molecule has 0 saturated heterocycles. The third-order valence-electron chi connectivity index (χ3n) is 7.14. The summed E-state index contributed by atoms with van der Waals surface area (Å²) in [5.74, 6) is -3.00. The largest absolute Gasteiger partial charge is 0.586 e. The summed E-state index contributed by atoms with van der Waals surface area (Å²) in [5, 5.41) is 20.4. The highest BCUT2D eigenvalue weighted by atomic mass is 19.3. The van der Waals surface area contributed by atoms with E-state index in [1.165, 1.54) is 23.6 Å². The van der Waals surface area contributed by atoms with Gasteiger partial charge in [-0.15, -0.1) is 8.78 Å². The Kier molecular flexibility index (Phi) is 4.33. The molecule has 2 aromatic carbocycles. The quantitative estimate of drug-likeness (QED) is 0.413. The van der Waals surface area contributed by atoms with Crippen LogP contribution < -0.4 is 9.47 Å². The molecule has 37 heavy (non-hydrogen) atoms. The molecule has 1 aromatic heterocycles. The van der Waals surface area contributed by atoms with E-state index in [2.05, 4.69) is 9.47 Å². The molecule has 2 heterocycles. The summed E-state index contributed by atoms with van der Waals surface area (Å²) >= 11 is 0. The lowest BCUT2D eigenvalue weighted by molar-refractivity contribution is -0.286. The van der Waals surface area contributed by atoms with Crippen LogP contribution in [-0.4, -0.2) is 39.5 Å². The molecule has 5 rings (SSSR count). The second kappa shape index (κ2) is 8.77. The second-order valence-corrected chi connectivity index (χ2v) is 9.92. The van der Waals surface area contributed by atoms with Gasteiger partial charge in [-0.3, -0.25) is 4.79 Å². The van der Waals surface area contributed by atoms with Crippen LogP contribution in [0.1, 0.15) is 66.4 Å². The van der Waals surface area contributed by atoms with E-state index >= 15 is 4.39 Å². The van der Waals surface area contributed by atoms with Crippen molar-refractivity contribution < 1.29 is 47.2 Å². The van der Waals surface area contributed by atoms with Crippen molar-refractivity contribution >= 4 is 16.7 Å². The van der Waals surface area contributed by atoms with Crippen molar-refractivity contribution in [1.29, 1.82) is 0 Å². The molecule has 9 heteroatoms. The summed E-state index contributed by atoms with van der Waals surface area (Å²) in [4.78, 5) is 13.7. The number of aliphatic hydroxyl groups excluding tert-OH is 1. The average Bonchev–Trinajstić information content (AvgIpc) is 3.51. The van der Waals surface area contributed by atoms with Gasteiger partial charge in [-0.05, 0) is 60.6 Å². The minimum atomic E-state index is -4.14. The first-order valence-corrected chi connectivity index (χ1v) is 11.7. The molecule has 1 saturated carbocycles. The molecule has 0 bridgehead atoms. The lowest BCUT2D eigenvalue weighted by Gasteiger charge is -2.26. The van der Waals surface area contributed by atoms with E-state index in [0.29, 0.717) is 5.39 Å². The second-order valence-electron chi connectivity index (χ2n) is 9.92. The van der Waals surface area contributed by atoms with Gasteiger partial charge in [0, 0.05) is 25.7 Å². The van der Waals surface area contributed by atoms with Crippen molar-refractivity contribution in [2.45, 2.75) is 76.2 Å². The molecule has 0 unspecified atom stereocenters. The van der Waals surface area contributed by atoms with Crippen LogP contribution >= 0.6 is 0 Å². The van der Waals surface area contributed by atoms with Crippen molar-refractivity contribution in [1.82, 2.24) is 4.57 Å². The fourth-order valence-electron chi connectivity index (χ4n) is 4.68. The van der Waals surface area contributed by atoms with Crippen LogP contribution in [0, 0.1) is 5.82 Å². The molecule has 198 valence electrons. The maximum absolute atomic E-state index is 15.6. The normalized spacial score (nSPS) is 21.8. The standard InChI is InChI=1S/C28H30F3NO5/c1-4-26(2,3)24-10-17-9-16(20(29)13-21(17)32(24)14-19(34)15-33)11-25(35)27(7-8-27)18-5-6-22-23(12-18)37-28(30,31)36-22/h5-6,9-10,12-13,19,33-34H,4,7-8,11,14-15H2,1-3H3/t19-/m1/s1/i4D2,5D,6D,12D,15D2. The smallest absolute Gasteiger partial charge is 0.395 e. The zero-order valence-corrected chi connectivity index (χ0v) is 20.3. The van der Waals surface area contributed by atoms with Crippen molar-refractivity contribution in [2.75, 3.05) is 6.56 Å². The van der Waals surface area contributed by atoms with Crippen LogP contribution in [0.2, 0.25) is 0 Å². The number of nitrogens with zero attached hydrogens (tertiary/aromatic N) is 1. The predicted octanol–water partition coefficient (Wildman–Crippen LogP) is 4.99. The highest BCUT2D eigenvalue weighted by molar-refractivity contribution is 5.95. The molecule has 2 N–H and O–H groups in total. The third kappa shape index (κ3) is 4.48. The van der Waals surface area contributed by atoms with Crippen LogP contribution in [-0.2, 0) is 28.6 Å². The van der Waals surface area contributed by atoms with E-state index in [1.54, 1.807) is 13.8 Å². The summed E-state index contributed by atoms with van der Waals surface area (Å²) in [5.41, 5.74) is -2.71. The Hall–Kier alpha value is -3.04. The van der Waals surface area contributed by atoms with Gasteiger partial charge in [-0.1, -0.05) is 26.8 Å². The summed E-state index contributed by atoms with van der Waals surface area (Å²) in [6, 6.07) is 1.84. The zero-order chi connectivity index (χ0) is 32.9. The number of rotatable bonds is 9. The molecular weight excluding hydrogens is 487 g/mol. The average molecular weight is 525 g/mol. The number of aromatic nitrogens is 1. The lowest BCUT2D eigenvalue weighted by atomic mass is 9.86. The van der Waals surface area contributed by atoms with Gasteiger partial charge in [0.2, 0.25) is 0 Å². The van der Waals surface area contributed by atoms with Gasteiger partial charge in [0.15, 0.2) is 11.5 Å². The molecule has 2 aliphatic rings. The minimum absolute atomic E-state index is 0.0933. The Morgan fingerprint density at radius 1 is 1.24 bits per heavy atom. The van der Waals surface area contributed by atoms with E-state index in [4.69, 9.17) is 9.60 Å². The molecule has 0 radical (unpaired) electrons. The summed E-state index contributed by atoms with van der Waals surface area (Å²) in [6.07, 6.45) is -8.20. The molecule has 3 aromatic rings. The van der Waals surface area contributed by atoms with Crippen LogP contribution in [0.25, 0.3) is 10.9 Å². The molecule has 1 atom stereocenters. The molecule has 0 spiro atoms. The van der Waals surface area contributed by atoms with Crippen molar-refractivity contribution in [3.05, 3.63) is 59.0 Å². The molecule has 1 aliphatic heterocycles. The number of Topliss-reactive ketones (excluding diaryl/α,β-unsaturated/α-hetero) is 1. The maximum atomic E-state index is 15.6. The van der Waals surface area contributed by atoms with Crippen LogP contribution in [0.4, 0.5) is 13.2 Å². The van der Waals surface area contributed by atoms with Crippen molar-refractivity contribution in [3.8, 4) is 11.5 Å². The SMILES string of the molecule is [2H]c1c([2H])c(C2(C(=O)Cc3cc4cc(C(C)(C)C([2H])([2H])C)n(C[C@@H](O)C([2H])([2H])O)c4cc3F)CC2)c([2H])c2c1OC(F)(F)O2. The number of carbonyl (C=O) groups excluding carboxylic acids is 1. The third-order valence-corrected chi connectivity index (χ3v) is 7.14. The van der Waals surface area contributed by atoms with Gasteiger partial charge in [-0.25, -0.2) is 4.39 Å². The molecular formula is C28H30F3NO5. The van der Waals surface area contributed by atoms with E-state index in [0.717, 1.165) is 6.07 Å². The summed E-state index contributed by atoms with van der Waals surface area (Å²) in [6.45, 7) is 0.933. The number of fused-ring (bicyclic) bond motifs is 2. The van der Waals surface area contributed by atoms with Crippen LogP contribution in [0.3, 0.4) is 0 Å². The Labute approximate surface area is 222 Å². The number of aliphatic hydroxyl groups is 2. The van der Waals surface area contributed by atoms with Gasteiger partial charge < -0.3 is 24.3 Å². The molecule has 6 nitrogen and oxygen atoms in total. The molecule has 1 fully saturated rings. The summed E-state index contributed by atoms with van der Waals surface area (Å²) < 4.78 is 110. The first-order chi connectivity index (χ1) is 20.0. The Bertz CT molecular complexity index is 1690. The number of benzene rings is 2. The predicted molar refractivity (Wildman–Crippen MR) is 131 cm³/mol. The summed E-state index contributed by atoms with van der Waals surface area (Å²) in [7, 11) is 0. The number of carbonyl (C=O) groups is 1. The molecule has 0 amide bonds. The zero-order valence-electron chi connectivity index (χ0n) is 27.3. The molecule has 1 aliphatic carbocycles. The Morgan fingerprint density at radius 3 is 2.59 bits per heavy atom. The van der Waals surface area contributed by atoms with Gasteiger partial charge in [0.1, 0.15) is 11.6 Å². The fourth-order valence-corrected chi connectivity index (χ4v) is 4.68. The van der Waals surface area contributed by atoms with Crippen molar-refractivity contribution in [2.24, 2.45) is 0 Å². The first kappa shape index (κ1) is 18.3. The maximum Gasteiger partial charge on any atom is 0.586 e. The number of halogens is 3. The highest BCUT2D eigenvalue weighted by Gasteiger charge is 2.52. The Balaban J connectivity index is 1.56. The number of hydrogen-bond acceptors (Lipinski definition) is 5. The van der Waals surface area contributed by atoms with E-state index in [1.807, 2.05) is 0 Å². The number of alkyl halides is 2. The minimum Gasteiger partial charge on any atom is -0.395 e. The van der Waals surface area contributed by atoms with Gasteiger partial charge in [0.25, 0.3) is 0 Å². The van der Waals surface area contributed by atoms with E-state index < -0.39 is 90.4 Å². The number of ketones is 1. The van der Waals surface area contributed by atoms with E-state index in [-0.39, 0.29) is 35.2 Å². The van der Waals surface area contributed by atoms with Crippen LogP contribution in [0.15, 0.2) is 36.3 Å². The number of hydrogen-bond donors (Lipinski definition) is 2. The van der Waals surface area contributed by atoms with Gasteiger partial charge >= 0.3 is 6.29 Å². The lowest BCUT2D eigenvalue weighted by Crippen LogP contribution is -2.26.